The quantitative estimate of drug-likeness (QED) is 0.726. The number of piperidine rings is 1. The maximum absolute atomic E-state index is 12.9. The van der Waals surface area contributed by atoms with Gasteiger partial charge in [0, 0.05) is 24.5 Å². The molecule has 1 atom stereocenters. The van der Waals surface area contributed by atoms with Gasteiger partial charge in [0.1, 0.15) is 5.54 Å². The molecule has 3 rings (SSSR count). The Balaban J connectivity index is 1.82. The zero-order valence-corrected chi connectivity index (χ0v) is 17.6. The molecule has 2 aromatic heterocycles. The van der Waals surface area contributed by atoms with E-state index in [1.165, 1.54) is 0 Å². The zero-order chi connectivity index (χ0) is 19.4. The van der Waals surface area contributed by atoms with Crippen LogP contribution in [0.1, 0.15) is 43.8 Å². The normalized spacial score (nSPS) is 20.6. The Kier molecular flexibility index (Phi) is 6.26. The highest BCUT2D eigenvalue weighted by molar-refractivity contribution is 7.10. The van der Waals surface area contributed by atoms with E-state index in [1.807, 2.05) is 27.1 Å². The Labute approximate surface area is 165 Å². The van der Waals surface area contributed by atoms with Gasteiger partial charge in [0.15, 0.2) is 5.82 Å². The first-order valence-electron chi connectivity index (χ1n) is 9.66. The van der Waals surface area contributed by atoms with Crippen LogP contribution < -0.4 is 0 Å². The van der Waals surface area contributed by atoms with Gasteiger partial charge >= 0.3 is 0 Å². The van der Waals surface area contributed by atoms with Crippen molar-refractivity contribution in [1.82, 2.24) is 30.0 Å². The van der Waals surface area contributed by atoms with Crippen LogP contribution in [0.2, 0.25) is 0 Å². The first-order valence-corrected chi connectivity index (χ1v) is 10.5. The predicted molar refractivity (Wildman–Crippen MR) is 106 cm³/mol. The number of hydrogen-bond acceptors (Lipinski definition) is 6. The molecule has 1 saturated heterocycles. The number of likely N-dealkylation sites (N-methyl/N-ethyl adjacent to an activating group) is 1. The minimum absolute atomic E-state index is 0.185. The summed E-state index contributed by atoms with van der Waals surface area (Å²) in [6.07, 6.45) is 3.40. The smallest absolute Gasteiger partial charge is 0.227 e. The third-order valence-electron chi connectivity index (χ3n) is 5.45. The van der Waals surface area contributed by atoms with Crippen molar-refractivity contribution in [2.45, 2.75) is 51.6 Å². The van der Waals surface area contributed by atoms with E-state index in [2.05, 4.69) is 48.4 Å². The van der Waals surface area contributed by atoms with Gasteiger partial charge < -0.3 is 4.90 Å². The fourth-order valence-electron chi connectivity index (χ4n) is 3.74. The van der Waals surface area contributed by atoms with Gasteiger partial charge in [0.2, 0.25) is 5.91 Å². The number of amides is 1. The van der Waals surface area contributed by atoms with E-state index in [1.54, 1.807) is 11.3 Å². The Morgan fingerprint density at radius 1 is 1.41 bits per heavy atom. The number of rotatable bonds is 7. The maximum Gasteiger partial charge on any atom is 0.227 e. The summed E-state index contributed by atoms with van der Waals surface area (Å²) in [5.41, 5.74) is -0.343. The standard InChI is InChI=1S/C19H30N6OS/c1-15(2)8-11-25-18(20-21-22-25)19(23(3)4)9-6-10-24(14-19)17(26)13-16-7-5-12-27-16/h5,7,12,15H,6,8-11,13-14H2,1-4H3. The number of nitrogens with zero attached hydrogens (tertiary/aromatic N) is 6. The highest BCUT2D eigenvalue weighted by Crippen LogP contribution is 2.35. The van der Waals surface area contributed by atoms with Crippen molar-refractivity contribution < 1.29 is 4.79 Å². The summed E-state index contributed by atoms with van der Waals surface area (Å²) in [7, 11) is 4.13. The Morgan fingerprint density at radius 3 is 2.89 bits per heavy atom. The van der Waals surface area contributed by atoms with Crippen molar-refractivity contribution >= 4 is 17.2 Å². The van der Waals surface area contributed by atoms with Crippen molar-refractivity contribution in [3.63, 3.8) is 0 Å². The number of likely N-dealkylation sites (tertiary alicyclic amines) is 1. The molecule has 0 spiro atoms. The Hall–Kier alpha value is -1.80. The minimum atomic E-state index is -0.343. The molecule has 8 heteroatoms. The Bertz CT molecular complexity index is 741. The minimum Gasteiger partial charge on any atom is -0.340 e. The molecule has 148 valence electrons. The summed E-state index contributed by atoms with van der Waals surface area (Å²) >= 11 is 1.64. The summed E-state index contributed by atoms with van der Waals surface area (Å²) in [4.78, 5) is 18.2. The SMILES string of the molecule is CC(C)CCn1nnnc1C1(N(C)C)CCCN(C(=O)Cc2cccs2)C1. The van der Waals surface area contributed by atoms with Crippen LogP contribution in [-0.4, -0.2) is 63.1 Å². The second-order valence-electron chi connectivity index (χ2n) is 8.01. The van der Waals surface area contributed by atoms with Crippen LogP contribution in [0.25, 0.3) is 0 Å². The number of thiophene rings is 1. The van der Waals surface area contributed by atoms with Crippen LogP contribution in [0.4, 0.5) is 0 Å². The van der Waals surface area contributed by atoms with E-state index in [9.17, 15) is 4.79 Å². The second kappa shape index (κ2) is 8.48. The van der Waals surface area contributed by atoms with Gasteiger partial charge in [-0.25, -0.2) is 4.68 Å². The first-order chi connectivity index (χ1) is 12.9. The van der Waals surface area contributed by atoms with Gasteiger partial charge in [-0.05, 0) is 61.1 Å². The lowest BCUT2D eigenvalue weighted by Gasteiger charge is -2.45. The summed E-state index contributed by atoms with van der Waals surface area (Å²) < 4.78 is 1.94. The molecule has 0 aliphatic carbocycles. The van der Waals surface area contributed by atoms with E-state index < -0.39 is 0 Å². The molecule has 0 N–H and O–H groups in total. The molecule has 0 radical (unpaired) electrons. The van der Waals surface area contributed by atoms with Crippen LogP contribution in [-0.2, 0) is 23.3 Å². The van der Waals surface area contributed by atoms with Crippen molar-refractivity contribution in [2.24, 2.45) is 5.92 Å². The number of carbonyl (C=O) groups excluding carboxylic acids is 1. The highest BCUT2D eigenvalue weighted by Gasteiger charge is 2.44. The lowest BCUT2D eigenvalue weighted by Crippen LogP contribution is -2.56. The average molecular weight is 391 g/mol. The molecule has 7 nitrogen and oxygen atoms in total. The van der Waals surface area contributed by atoms with Gasteiger partial charge in [-0.15, -0.1) is 16.4 Å². The van der Waals surface area contributed by atoms with Gasteiger partial charge in [-0.2, -0.15) is 0 Å². The molecule has 0 bridgehead atoms. The molecule has 1 aliphatic heterocycles. The summed E-state index contributed by atoms with van der Waals surface area (Å²) in [5, 5.41) is 14.6. The molecular weight excluding hydrogens is 360 g/mol. The molecular formula is C19H30N6OS. The number of aromatic nitrogens is 4. The second-order valence-corrected chi connectivity index (χ2v) is 9.04. The fourth-order valence-corrected chi connectivity index (χ4v) is 4.44. The molecule has 2 aromatic rings. The molecule has 27 heavy (non-hydrogen) atoms. The van der Waals surface area contributed by atoms with Gasteiger partial charge in [-0.3, -0.25) is 9.69 Å². The molecule has 1 unspecified atom stereocenters. The molecule has 0 saturated carbocycles. The van der Waals surface area contributed by atoms with E-state index in [4.69, 9.17) is 0 Å². The number of tetrazole rings is 1. The maximum atomic E-state index is 12.9. The van der Waals surface area contributed by atoms with Gasteiger partial charge in [0.05, 0.1) is 6.42 Å². The van der Waals surface area contributed by atoms with E-state index in [0.717, 1.165) is 43.1 Å². The molecule has 1 aliphatic rings. The largest absolute Gasteiger partial charge is 0.340 e. The van der Waals surface area contributed by atoms with E-state index in [-0.39, 0.29) is 11.4 Å². The lowest BCUT2D eigenvalue weighted by molar-refractivity contribution is -0.134. The third kappa shape index (κ3) is 4.38. The zero-order valence-electron chi connectivity index (χ0n) is 16.8. The molecule has 1 amide bonds. The summed E-state index contributed by atoms with van der Waals surface area (Å²) in [6, 6.07) is 4.02. The van der Waals surface area contributed by atoms with Crippen molar-refractivity contribution in [2.75, 3.05) is 27.2 Å². The molecule has 3 heterocycles. The molecule has 1 fully saturated rings. The lowest BCUT2D eigenvalue weighted by atomic mass is 9.86. The topological polar surface area (TPSA) is 67.2 Å². The predicted octanol–water partition coefficient (Wildman–Crippen LogP) is 2.40. The van der Waals surface area contributed by atoms with Gasteiger partial charge in [0.25, 0.3) is 0 Å². The van der Waals surface area contributed by atoms with Crippen molar-refractivity contribution in [1.29, 1.82) is 0 Å². The van der Waals surface area contributed by atoms with Crippen LogP contribution in [0, 0.1) is 5.92 Å². The fraction of sp³-hybridized carbons (Fsp3) is 0.684. The number of hydrogen-bond donors (Lipinski definition) is 0. The summed E-state index contributed by atoms with van der Waals surface area (Å²) in [5.74, 6) is 1.65. The summed E-state index contributed by atoms with van der Waals surface area (Å²) in [6.45, 7) is 6.65. The number of carbonyl (C=O) groups is 1. The van der Waals surface area contributed by atoms with Crippen LogP contribution in [0.3, 0.4) is 0 Å². The molecule has 0 aromatic carbocycles. The van der Waals surface area contributed by atoms with Crippen LogP contribution in [0.5, 0.6) is 0 Å². The third-order valence-corrected chi connectivity index (χ3v) is 6.33. The monoisotopic (exact) mass is 390 g/mol. The van der Waals surface area contributed by atoms with E-state index in [0.29, 0.717) is 18.9 Å². The van der Waals surface area contributed by atoms with Gasteiger partial charge in [-0.1, -0.05) is 19.9 Å². The van der Waals surface area contributed by atoms with Crippen LogP contribution in [0.15, 0.2) is 17.5 Å². The van der Waals surface area contributed by atoms with Crippen molar-refractivity contribution in [3.8, 4) is 0 Å². The van der Waals surface area contributed by atoms with Crippen LogP contribution >= 0.6 is 11.3 Å². The average Bonchev–Trinajstić information content (AvgIpc) is 3.31. The van der Waals surface area contributed by atoms with Crippen molar-refractivity contribution in [3.05, 3.63) is 28.2 Å². The highest BCUT2D eigenvalue weighted by atomic mass is 32.1. The first kappa shape index (κ1) is 19.9. The Morgan fingerprint density at radius 2 is 2.22 bits per heavy atom. The number of aryl methyl sites for hydroxylation is 1. The van der Waals surface area contributed by atoms with E-state index >= 15 is 0 Å².